The van der Waals surface area contributed by atoms with Crippen molar-refractivity contribution >= 4 is 11.8 Å². The summed E-state index contributed by atoms with van der Waals surface area (Å²) in [5.41, 5.74) is 5.35. The Balaban J connectivity index is 1.65. The molecule has 0 bridgehead atoms. The van der Waals surface area contributed by atoms with Crippen LogP contribution in [0.4, 0.5) is 0 Å². The molecule has 36 heavy (non-hydrogen) atoms. The number of carbonyl (C=O) groups excluding carboxylic acids is 2. The van der Waals surface area contributed by atoms with E-state index in [1.54, 1.807) is 0 Å². The topological polar surface area (TPSA) is 49.4 Å². The van der Waals surface area contributed by atoms with Crippen LogP contribution in [0.2, 0.25) is 0 Å². The first-order chi connectivity index (χ1) is 17.5. The van der Waals surface area contributed by atoms with Crippen molar-refractivity contribution < 1.29 is 9.59 Å². The van der Waals surface area contributed by atoms with Crippen molar-refractivity contribution in [3.05, 3.63) is 107 Å². The molecule has 0 unspecified atom stereocenters. The van der Waals surface area contributed by atoms with E-state index in [1.807, 2.05) is 66.4 Å². The SMILES string of the molecule is Cc1ccc(CN(C(=O)Cc2ccccc2C)[C@H](Cc2ccccc2)C(=O)NC2CCCCC2)cc1. The van der Waals surface area contributed by atoms with Crippen LogP contribution >= 0.6 is 0 Å². The highest BCUT2D eigenvalue weighted by Gasteiger charge is 2.32. The Kier molecular flexibility index (Phi) is 8.94. The Morgan fingerprint density at radius 2 is 1.50 bits per heavy atom. The molecule has 3 aromatic rings. The van der Waals surface area contributed by atoms with Gasteiger partial charge in [0, 0.05) is 19.0 Å². The predicted molar refractivity (Wildman–Crippen MR) is 146 cm³/mol. The van der Waals surface area contributed by atoms with E-state index in [2.05, 4.69) is 36.5 Å². The van der Waals surface area contributed by atoms with Crippen molar-refractivity contribution in [1.82, 2.24) is 10.2 Å². The van der Waals surface area contributed by atoms with Gasteiger partial charge in [0.05, 0.1) is 6.42 Å². The standard InChI is InChI=1S/C32H38N2O2/c1-24-17-19-27(20-18-24)23-34(31(35)22-28-14-10-9-11-25(28)2)30(21-26-12-5-3-6-13-26)32(36)33-29-15-7-4-8-16-29/h3,5-6,9-14,17-20,29-30H,4,7-8,15-16,21-23H2,1-2H3,(H,33,36)/t30-/m1/s1. The van der Waals surface area contributed by atoms with E-state index in [1.165, 1.54) is 12.0 Å². The molecule has 2 amide bonds. The molecule has 4 rings (SSSR count). The quantitative estimate of drug-likeness (QED) is 0.411. The van der Waals surface area contributed by atoms with Crippen molar-refractivity contribution in [3.63, 3.8) is 0 Å². The van der Waals surface area contributed by atoms with E-state index < -0.39 is 6.04 Å². The zero-order valence-corrected chi connectivity index (χ0v) is 21.6. The van der Waals surface area contributed by atoms with Gasteiger partial charge in [0.1, 0.15) is 6.04 Å². The first-order valence-corrected chi connectivity index (χ1v) is 13.2. The van der Waals surface area contributed by atoms with Gasteiger partial charge in [0.15, 0.2) is 0 Å². The second-order valence-corrected chi connectivity index (χ2v) is 10.2. The lowest BCUT2D eigenvalue weighted by molar-refractivity contribution is -0.141. The van der Waals surface area contributed by atoms with Gasteiger partial charge in [-0.25, -0.2) is 0 Å². The molecule has 0 aliphatic heterocycles. The Morgan fingerprint density at radius 3 is 2.19 bits per heavy atom. The van der Waals surface area contributed by atoms with Crippen LogP contribution in [0.25, 0.3) is 0 Å². The third-order valence-electron chi connectivity index (χ3n) is 7.30. The smallest absolute Gasteiger partial charge is 0.243 e. The number of benzene rings is 3. The highest BCUT2D eigenvalue weighted by atomic mass is 16.2. The van der Waals surface area contributed by atoms with Crippen LogP contribution in [-0.2, 0) is 29.0 Å². The summed E-state index contributed by atoms with van der Waals surface area (Å²) >= 11 is 0. The molecule has 0 heterocycles. The number of hydrogen-bond acceptors (Lipinski definition) is 2. The van der Waals surface area contributed by atoms with Gasteiger partial charge in [0.25, 0.3) is 0 Å². The maximum Gasteiger partial charge on any atom is 0.243 e. The van der Waals surface area contributed by atoms with Crippen LogP contribution in [0.15, 0.2) is 78.9 Å². The van der Waals surface area contributed by atoms with Crippen LogP contribution in [0.5, 0.6) is 0 Å². The lowest BCUT2D eigenvalue weighted by Crippen LogP contribution is -2.53. The minimum absolute atomic E-state index is 0.0235. The third kappa shape index (κ3) is 7.07. The van der Waals surface area contributed by atoms with Gasteiger partial charge in [-0.3, -0.25) is 9.59 Å². The van der Waals surface area contributed by atoms with Crippen molar-refractivity contribution in [2.45, 2.75) is 77.4 Å². The van der Waals surface area contributed by atoms with E-state index in [9.17, 15) is 9.59 Å². The summed E-state index contributed by atoms with van der Waals surface area (Å²) in [5.74, 6) is -0.0689. The fourth-order valence-corrected chi connectivity index (χ4v) is 5.06. The van der Waals surface area contributed by atoms with Gasteiger partial charge in [-0.05, 0) is 48.9 Å². The van der Waals surface area contributed by atoms with E-state index in [0.29, 0.717) is 13.0 Å². The summed E-state index contributed by atoms with van der Waals surface area (Å²) < 4.78 is 0. The predicted octanol–water partition coefficient (Wildman–Crippen LogP) is 5.93. The van der Waals surface area contributed by atoms with Gasteiger partial charge >= 0.3 is 0 Å². The molecule has 0 radical (unpaired) electrons. The molecular formula is C32H38N2O2. The number of rotatable bonds is 9. The molecule has 0 spiro atoms. The summed E-state index contributed by atoms with van der Waals surface area (Å²) in [6.07, 6.45) is 6.32. The summed E-state index contributed by atoms with van der Waals surface area (Å²) in [6.45, 7) is 4.49. The van der Waals surface area contributed by atoms with Gasteiger partial charge < -0.3 is 10.2 Å². The Bertz CT molecular complexity index is 1130. The molecule has 3 aromatic carbocycles. The maximum atomic E-state index is 13.9. The molecule has 0 saturated heterocycles. The van der Waals surface area contributed by atoms with Crippen LogP contribution in [-0.4, -0.2) is 28.8 Å². The van der Waals surface area contributed by atoms with Crippen molar-refractivity contribution in [2.75, 3.05) is 0 Å². The normalized spacial score (nSPS) is 14.7. The van der Waals surface area contributed by atoms with E-state index in [0.717, 1.165) is 47.9 Å². The molecule has 4 heteroatoms. The fraction of sp³-hybridized carbons (Fsp3) is 0.375. The van der Waals surface area contributed by atoms with Crippen LogP contribution in [0, 0.1) is 13.8 Å². The first kappa shape index (κ1) is 25.7. The van der Waals surface area contributed by atoms with Crippen LogP contribution in [0.1, 0.15) is 59.9 Å². The molecule has 1 saturated carbocycles. The second kappa shape index (κ2) is 12.5. The van der Waals surface area contributed by atoms with E-state index >= 15 is 0 Å². The third-order valence-corrected chi connectivity index (χ3v) is 7.30. The van der Waals surface area contributed by atoms with Crippen molar-refractivity contribution in [1.29, 1.82) is 0 Å². The number of nitrogens with zero attached hydrogens (tertiary/aromatic N) is 1. The Hall–Kier alpha value is -3.40. The average molecular weight is 483 g/mol. The molecule has 1 aliphatic carbocycles. The fourth-order valence-electron chi connectivity index (χ4n) is 5.06. The minimum Gasteiger partial charge on any atom is -0.352 e. The number of amides is 2. The number of hydrogen-bond donors (Lipinski definition) is 1. The number of carbonyl (C=O) groups is 2. The highest BCUT2D eigenvalue weighted by molar-refractivity contribution is 5.89. The maximum absolute atomic E-state index is 13.9. The molecule has 188 valence electrons. The monoisotopic (exact) mass is 482 g/mol. The molecular weight excluding hydrogens is 444 g/mol. The summed E-state index contributed by atoms with van der Waals surface area (Å²) in [5, 5.41) is 3.31. The average Bonchev–Trinajstić information content (AvgIpc) is 2.89. The van der Waals surface area contributed by atoms with Gasteiger partial charge in [0.2, 0.25) is 11.8 Å². The second-order valence-electron chi connectivity index (χ2n) is 10.2. The number of nitrogens with one attached hydrogen (secondary N) is 1. The summed E-state index contributed by atoms with van der Waals surface area (Å²) in [4.78, 5) is 29.5. The van der Waals surface area contributed by atoms with Gasteiger partial charge in [-0.1, -0.05) is 104 Å². The largest absolute Gasteiger partial charge is 0.352 e. The summed E-state index contributed by atoms with van der Waals surface area (Å²) in [6, 6.07) is 25.9. The van der Waals surface area contributed by atoms with Gasteiger partial charge in [-0.2, -0.15) is 0 Å². The lowest BCUT2D eigenvalue weighted by atomic mass is 9.94. The Morgan fingerprint density at radius 1 is 0.833 bits per heavy atom. The molecule has 0 aromatic heterocycles. The molecule has 1 aliphatic rings. The van der Waals surface area contributed by atoms with E-state index in [4.69, 9.17) is 0 Å². The highest BCUT2D eigenvalue weighted by Crippen LogP contribution is 2.21. The zero-order valence-electron chi connectivity index (χ0n) is 21.6. The van der Waals surface area contributed by atoms with Crippen LogP contribution < -0.4 is 5.32 Å². The summed E-state index contributed by atoms with van der Waals surface area (Å²) in [7, 11) is 0. The van der Waals surface area contributed by atoms with Crippen molar-refractivity contribution in [3.8, 4) is 0 Å². The Labute approximate surface area is 215 Å². The lowest BCUT2D eigenvalue weighted by Gasteiger charge is -2.33. The molecule has 1 atom stereocenters. The zero-order chi connectivity index (χ0) is 25.3. The number of aryl methyl sites for hydroxylation is 2. The van der Waals surface area contributed by atoms with Gasteiger partial charge in [-0.15, -0.1) is 0 Å². The van der Waals surface area contributed by atoms with Crippen molar-refractivity contribution in [2.24, 2.45) is 0 Å². The first-order valence-electron chi connectivity index (χ1n) is 13.2. The van der Waals surface area contributed by atoms with Crippen LogP contribution in [0.3, 0.4) is 0 Å². The van der Waals surface area contributed by atoms with E-state index in [-0.39, 0.29) is 24.3 Å². The molecule has 1 fully saturated rings. The molecule has 1 N–H and O–H groups in total. The minimum atomic E-state index is -0.577. The molecule has 4 nitrogen and oxygen atoms in total.